The van der Waals surface area contributed by atoms with E-state index in [0.29, 0.717) is 6.54 Å². The maximum absolute atomic E-state index is 10.9. The van der Waals surface area contributed by atoms with Gasteiger partial charge in [-0.2, -0.15) is 0 Å². The first-order valence-electron chi connectivity index (χ1n) is 6.10. The Morgan fingerprint density at radius 3 is 2.94 bits per heavy atom. The molecule has 0 aromatic carbocycles. The molecule has 1 aliphatic heterocycles. The lowest BCUT2D eigenvalue weighted by Crippen LogP contribution is -2.34. The highest BCUT2D eigenvalue weighted by molar-refractivity contribution is 5.68. The van der Waals surface area contributed by atoms with Crippen LogP contribution >= 0.6 is 0 Å². The van der Waals surface area contributed by atoms with Crippen molar-refractivity contribution in [1.29, 1.82) is 0 Å². The molecule has 0 saturated heterocycles. The van der Waals surface area contributed by atoms with Gasteiger partial charge in [0, 0.05) is 6.54 Å². The molecular weight excluding hydrogens is 230 g/mol. The lowest BCUT2D eigenvalue weighted by atomic mass is 10.1. The molecule has 98 valence electrons. The van der Waals surface area contributed by atoms with E-state index in [1.807, 2.05) is 37.3 Å². The smallest absolute Gasteiger partial charge is 0.305 e. The Kier molecular flexibility index (Phi) is 5.91. The molecule has 0 bridgehead atoms. The summed E-state index contributed by atoms with van der Waals surface area (Å²) in [5, 5.41) is 8.87. The summed E-state index contributed by atoms with van der Waals surface area (Å²) in [4.78, 5) is 23.3. The van der Waals surface area contributed by atoms with Crippen molar-refractivity contribution in [3.05, 3.63) is 36.0 Å². The number of amides is 1. The molecule has 1 N–H and O–H groups in total. The van der Waals surface area contributed by atoms with Gasteiger partial charge in [-0.05, 0) is 25.3 Å². The number of carbonyl (C=O) groups excluding carboxylic acids is 1. The van der Waals surface area contributed by atoms with Crippen molar-refractivity contribution in [2.45, 2.75) is 32.2 Å². The normalized spacial score (nSPS) is 21.1. The van der Waals surface area contributed by atoms with Crippen molar-refractivity contribution in [3.8, 4) is 0 Å². The third-order valence-corrected chi connectivity index (χ3v) is 2.85. The van der Waals surface area contributed by atoms with Crippen LogP contribution in [0.3, 0.4) is 0 Å². The number of nitrogens with zero attached hydrogens (tertiary/aromatic N) is 1. The van der Waals surface area contributed by atoms with Gasteiger partial charge in [0.1, 0.15) is 0 Å². The molecular formula is C14H19NO3. The van der Waals surface area contributed by atoms with Crippen LogP contribution in [0.2, 0.25) is 0 Å². The Hall–Kier alpha value is -1.84. The zero-order valence-corrected chi connectivity index (χ0v) is 10.6. The fourth-order valence-corrected chi connectivity index (χ4v) is 1.97. The van der Waals surface area contributed by atoms with E-state index in [0.717, 1.165) is 24.8 Å². The van der Waals surface area contributed by atoms with Crippen LogP contribution in [0.15, 0.2) is 36.0 Å². The monoisotopic (exact) mass is 249 g/mol. The van der Waals surface area contributed by atoms with E-state index < -0.39 is 5.97 Å². The van der Waals surface area contributed by atoms with Crippen LogP contribution in [0.1, 0.15) is 26.2 Å². The van der Waals surface area contributed by atoms with Gasteiger partial charge in [0.05, 0.1) is 12.5 Å². The topological polar surface area (TPSA) is 57.6 Å². The predicted molar refractivity (Wildman–Crippen MR) is 70.1 cm³/mol. The lowest BCUT2D eigenvalue weighted by Gasteiger charge is -2.22. The van der Waals surface area contributed by atoms with Gasteiger partial charge in [0.25, 0.3) is 0 Å². The Morgan fingerprint density at radius 1 is 1.56 bits per heavy atom. The van der Waals surface area contributed by atoms with E-state index in [1.165, 1.54) is 0 Å². The van der Waals surface area contributed by atoms with E-state index in [-0.39, 0.29) is 12.5 Å². The number of rotatable bonds is 5. The minimum absolute atomic E-state index is 0.0420. The first-order valence-corrected chi connectivity index (χ1v) is 6.10. The maximum Gasteiger partial charge on any atom is 0.305 e. The van der Waals surface area contributed by atoms with Crippen molar-refractivity contribution >= 4 is 12.4 Å². The van der Waals surface area contributed by atoms with Crippen LogP contribution in [0.4, 0.5) is 0 Å². The summed E-state index contributed by atoms with van der Waals surface area (Å²) in [7, 11) is 0. The van der Waals surface area contributed by atoms with Crippen LogP contribution in [0.25, 0.3) is 0 Å². The van der Waals surface area contributed by atoms with Crippen molar-refractivity contribution in [1.82, 2.24) is 4.90 Å². The molecule has 0 aliphatic carbocycles. The Labute approximate surface area is 107 Å². The molecule has 0 spiro atoms. The second-order valence-electron chi connectivity index (χ2n) is 4.24. The average molecular weight is 249 g/mol. The molecule has 0 radical (unpaired) electrons. The van der Waals surface area contributed by atoms with Gasteiger partial charge in [0.15, 0.2) is 0 Å². The van der Waals surface area contributed by atoms with Crippen LogP contribution in [-0.4, -0.2) is 35.0 Å². The highest BCUT2D eigenvalue weighted by Gasteiger charge is 2.20. The van der Waals surface area contributed by atoms with E-state index >= 15 is 0 Å². The summed E-state index contributed by atoms with van der Waals surface area (Å²) in [5.41, 5.74) is 1.09. The van der Waals surface area contributed by atoms with Gasteiger partial charge in [-0.1, -0.05) is 30.4 Å². The first-order chi connectivity index (χ1) is 8.67. The van der Waals surface area contributed by atoms with E-state index in [4.69, 9.17) is 5.11 Å². The fourth-order valence-electron chi connectivity index (χ4n) is 1.97. The van der Waals surface area contributed by atoms with E-state index in [2.05, 4.69) is 0 Å². The second-order valence-corrected chi connectivity index (χ2v) is 4.24. The predicted octanol–water partition coefficient (Wildman–Crippen LogP) is 2.14. The summed E-state index contributed by atoms with van der Waals surface area (Å²) in [6.45, 7) is 2.55. The number of allylic oxidation sites excluding steroid dienone is 5. The summed E-state index contributed by atoms with van der Waals surface area (Å²) in [5.74, 6) is -0.887. The van der Waals surface area contributed by atoms with Crippen molar-refractivity contribution in [3.63, 3.8) is 0 Å². The molecule has 0 aromatic rings. The molecule has 0 aromatic heterocycles. The lowest BCUT2D eigenvalue weighted by molar-refractivity contribution is -0.138. The average Bonchev–Trinajstić information content (AvgIpc) is 2.51. The molecule has 1 unspecified atom stereocenters. The largest absolute Gasteiger partial charge is 0.481 e. The molecule has 1 aliphatic rings. The molecule has 18 heavy (non-hydrogen) atoms. The number of carboxylic acids is 1. The highest BCUT2D eigenvalue weighted by atomic mass is 16.4. The SMILES string of the molecule is C/C=C\C=C/C1=CC(CC(=O)O)N(C=O)CCC1. The fraction of sp³-hybridized carbons (Fsp3) is 0.429. The van der Waals surface area contributed by atoms with Gasteiger partial charge in [-0.3, -0.25) is 9.59 Å². The molecule has 0 saturated carbocycles. The zero-order valence-electron chi connectivity index (χ0n) is 10.6. The summed E-state index contributed by atoms with van der Waals surface area (Å²) in [6, 6.07) is -0.340. The molecule has 4 nitrogen and oxygen atoms in total. The zero-order chi connectivity index (χ0) is 13.4. The third-order valence-electron chi connectivity index (χ3n) is 2.85. The molecule has 1 amide bonds. The second kappa shape index (κ2) is 7.48. The van der Waals surface area contributed by atoms with E-state index in [1.54, 1.807) is 4.90 Å². The van der Waals surface area contributed by atoms with Gasteiger partial charge in [0.2, 0.25) is 6.41 Å². The number of aliphatic carboxylic acids is 1. The highest BCUT2D eigenvalue weighted by Crippen LogP contribution is 2.18. The molecule has 1 rings (SSSR count). The minimum atomic E-state index is -0.887. The maximum atomic E-state index is 10.9. The van der Waals surface area contributed by atoms with Crippen LogP contribution in [0.5, 0.6) is 0 Å². The summed E-state index contributed by atoms with van der Waals surface area (Å²) in [6.07, 6.45) is 12.1. The van der Waals surface area contributed by atoms with E-state index in [9.17, 15) is 9.59 Å². The summed E-state index contributed by atoms with van der Waals surface area (Å²) < 4.78 is 0. The number of carbonyl (C=O) groups is 2. The minimum Gasteiger partial charge on any atom is -0.481 e. The Bertz CT molecular complexity index is 383. The first kappa shape index (κ1) is 14.2. The van der Waals surface area contributed by atoms with Gasteiger partial charge in [-0.15, -0.1) is 0 Å². The van der Waals surface area contributed by atoms with Crippen molar-refractivity contribution in [2.75, 3.05) is 6.54 Å². The molecule has 1 heterocycles. The standard InChI is InChI=1S/C14H19NO3/c1-2-3-4-6-12-7-5-8-15(11-16)13(9-12)10-14(17)18/h2-4,6,9,11,13H,5,7-8,10H2,1H3,(H,17,18)/b3-2-,6-4-. The van der Waals surface area contributed by atoms with Gasteiger partial charge >= 0.3 is 5.97 Å². The van der Waals surface area contributed by atoms with Crippen LogP contribution in [0, 0.1) is 0 Å². The number of hydrogen-bond acceptors (Lipinski definition) is 2. The number of hydrogen-bond donors (Lipinski definition) is 1. The Morgan fingerprint density at radius 2 is 2.33 bits per heavy atom. The Balaban J connectivity index is 2.85. The van der Waals surface area contributed by atoms with Gasteiger partial charge in [-0.25, -0.2) is 0 Å². The van der Waals surface area contributed by atoms with Crippen LogP contribution in [-0.2, 0) is 9.59 Å². The molecule has 0 fully saturated rings. The van der Waals surface area contributed by atoms with Gasteiger partial charge < -0.3 is 10.0 Å². The van der Waals surface area contributed by atoms with Crippen LogP contribution < -0.4 is 0 Å². The van der Waals surface area contributed by atoms with Crippen molar-refractivity contribution in [2.24, 2.45) is 0 Å². The molecule has 4 heteroatoms. The molecule has 1 atom stereocenters. The number of carboxylic acid groups (broad SMARTS) is 1. The third kappa shape index (κ3) is 4.57. The quantitative estimate of drug-likeness (QED) is 0.600. The van der Waals surface area contributed by atoms with Crippen molar-refractivity contribution < 1.29 is 14.7 Å². The summed E-state index contributed by atoms with van der Waals surface area (Å²) >= 11 is 0.